The molecule has 5 heteroatoms. The van der Waals surface area contributed by atoms with Crippen LogP contribution in [-0.2, 0) is 22.4 Å². The number of amides is 2. The third kappa shape index (κ3) is 3.98. The number of aromatic nitrogens is 1. The van der Waals surface area contributed by atoms with Gasteiger partial charge in [-0.15, -0.1) is 0 Å². The summed E-state index contributed by atoms with van der Waals surface area (Å²) in [6, 6.07) is 11.8. The average molecular weight is 323 g/mol. The number of aryl methyl sites for hydroxylation is 1. The van der Waals surface area contributed by atoms with Gasteiger partial charge in [-0.25, -0.2) is 0 Å². The number of hydrogen-bond donors (Lipinski definition) is 1. The van der Waals surface area contributed by atoms with E-state index in [0.717, 1.165) is 30.5 Å². The molecule has 0 radical (unpaired) electrons. The molecule has 0 fully saturated rings. The van der Waals surface area contributed by atoms with Gasteiger partial charge in [0.2, 0.25) is 11.8 Å². The van der Waals surface area contributed by atoms with Crippen molar-refractivity contribution in [2.45, 2.75) is 25.7 Å². The summed E-state index contributed by atoms with van der Waals surface area (Å²) in [5.41, 5.74) is 3.28. The molecular formula is C19H21N3O2. The molecule has 1 aromatic carbocycles. The van der Waals surface area contributed by atoms with E-state index >= 15 is 0 Å². The van der Waals surface area contributed by atoms with E-state index in [4.69, 9.17) is 0 Å². The highest BCUT2D eigenvalue weighted by Gasteiger charge is 2.23. The molecule has 24 heavy (non-hydrogen) atoms. The van der Waals surface area contributed by atoms with E-state index in [9.17, 15) is 9.59 Å². The van der Waals surface area contributed by atoms with Gasteiger partial charge in [0, 0.05) is 31.0 Å². The molecule has 0 atom stereocenters. The van der Waals surface area contributed by atoms with Crippen LogP contribution in [-0.4, -0.2) is 29.9 Å². The average Bonchev–Trinajstić information content (AvgIpc) is 3.05. The fraction of sp³-hybridized carbons (Fsp3) is 0.316. The van der Waals surface area contributed by atoms with Crippen LogP contribution in [0.15, 0.2) is 48.8 Å². The summed E-state index contributed by atoms with van der Waals surface area (Å²) in [7, 11) is 0. The van der Waals surface area contributed by atoms with Gasteiger partial charge in [0.25, 0.3) is 0 Å². The van der Waals surface area contributed by atoms with Gasteiger partial charge in [0.1, 0.15) is 0 Å². The van der Waals surface area contributed by atoms with Gasteiger partial charge in [-0.2, -0.15) is 0 Å². The zero-order valence-corrected chi connectivity index (χ0v) is 13.6. The lowest BCUT2D eigenvalue weighted by molar-refractivity contribution is -0.125. The van der Waals surface area contributed by atoms with Crippen LogP contribution in [0.1, 0.15) is 24.0 Å². The Bertz CT molecular complexity index is 716. The Hall–Kier alpha value is -2.69. The first-order chi connectivity index (χ1) is 11.7. The zero-order chi connectivity index (χ0) is 16.8. The number of pyridine rings is 1. The normalized spacial score (nSPS) is 12.8. The Kier molecular flexibility index (Phi) is 5.21. The molecule has 2 aromatic rings. The van der Waals surface area contributed by atoms with Crippen molar-refractivity contribution in [3.05, 3.63) is 59.9 Å². The summed E-state index contributed by atoms with van der Waals surface area (Å²) in [6.45, 7) is 0.745. The summed E-state index contributed by atoms with van der Waals surface area (Å²) < 4.78 is 0. The van der Waals surface area contributed by atoms with E-state index in [1.807, 2.05) is 42.6 Å². The SMILES string of the molecule is O=C(CCCc1cccnc1)NCC(=O)N1CCc2ccccc21. The molecule has 0 aliphatic carbocycles. The van der Waals surface area contributed by atoms with Gasteiger partial charge in [0.15, 0.2) is 0 Å². The molecular weight excluding hydrogens is 302 g/mol. The van der Waals surface area contributed by atoms with Crippen molar-refractivity contribution in [3.63, 3.8) is 0 Å². The summed E-state index contributed by atoms with van der Waals surface area (Å²) in [4.78, 5) is 30.0. The molecule has 0 unspecified atom stereocenters. The Morgan fingerprint density at radius 3 is 2.88 bits per heavy atom. The molecule has 0 bridgehead atoms. The first kappa shape index (κ1) is 16.2. The molecule has 5 nitrogen and oxygen atoms in total. The maximum atomic E-state index is 12.3. The minimum absolute atomic E-state index is 0.0550. The Morgan fingerprint density at radius 1 is 1.17 bits per heavy atom. The number of rotatable bonds is 6. The smallest absolute Gasteiger partial charge is 0.246 e. The first-order valence-electron chi connectivity index (χ1n) is 8.28. The number of anilines is 1. The third-order valence-electron chi connectivity index (χ3n) is 4.22. The van der Waals surface area contributed by atoms with Crippen LogP contribution in [0, 0.1) is 0 Å². The second-order valence-electron chi connectivity index (χ2n) is 5.92. The van der Waals surface area contributed by atoms with Gasteiger partial charge in [-0.05, 0) is 42.5 Å². The molecule has 3 rings (SSSR count). The van der Waals surface area contributed by atoms with Crippen LogP contribution in [0.2, 0.25) is 0 Å². The largest absolute Gasteiger partial charge is 0.347 e. The molecule has 0 spiro atoms. The summed E-state index contributed by atoms with van der Waals surface area (Å²) >= 11 is 0. The maximum Gasteiger partial charge on any atom is 0.246 e. The summed E-state index contributed by atoms with van der Waals surface area (Å²) in [5, 5.41) is 2.73. The highest BCUT2D eigenvalue weighted by Crippen LogP contribution is 2.27. The van der Waals surface area contributed by atoms with E-state index in [0.29, 0.717) is 13.0 Å². The van der Waals surface area contributed by atoms with E-state index in [1.54, 1.807) is 11.1 Å². The predicted molar refractivity (Wildman–Crippen MR) is 92.7 cm³/mol. The summed E-state index contributed by atoms with van der Waals surface area (Å²) in [6.07, 6.45) is 6.40. The lowest BCUT2D eigenvalue weighted by Crippen LogP contribution is -2.39. The van der Waals surface area contributed by atoms with Crippen molar-refractivity contribution < 1.29 is 9.59 Å². The monoisotopic (exact) mass is 323 g/mol. The number of nitrogens with one attached hydrogen (secondary N) is 1. The number of hydrogen-bond acceptors (Lipinski definition) is 3. The van der Waals surface area contributed by atoms with Gasteiger partial charge >= 0.3 is 0 Å². The summed E-state index contributed by atoms with van der Waals surface area (Å²) in [5.74, 6) is -0.139. The van der Waals surface area contributed by atoms with E-state index in [-0.39, 0.29) is 18.4 Å². The highest BCUT2D eigenvalue weighted by atomic mass is 16.2. The molecule has 0 saturated carbocycles. The predicted octanol–water partition coefficient (Wildman–Crippen LogP) is 2.11. The van der Waals surface area contributed by atoms with Gasteiger partial charge in [0.05, 0.1) is 6.54 Å². The third-order valence-corrected chi connectivity index (χ3v) is 4.22. The van der Waals surface area contributed by atoms with Gasteiger partial charge < -0.3 is 10.2 Å². The fourth-order valence-electron chi connectivity index (χ4n) is 2.95. The molecule has 2 amide bonds. The van der Waals surface area contributed by atoms with E-state index in [1.165, 1.54) is 5.56 Å². The van der Waals surface area contributed by atoms with Crippen molar-refractivity contribution in [1.82, 2.24) is 10.3 Å². The molecule has 1 aliphatic rings. The van der Waals surface area contributed by atoms with Crippen LogP contribution in [0.5, 0.6) is 0 Å². The Balaban J connectivity index is 1.41. The van der Waals surface area contributed by atoms with E-state index in [2.05, 4.69) is 10.3 Å². The zero-order valence-electron chi connectivity index (χ0n) is 13.6. The Morgan fingerprint density at radius 2 is 2.04 bits per heavy atom. The topological polar surface area (TPSA) is 62.3 Å². The molecule has 1 N–H and O–H groups in total. The molecule has 1 aliphatic heterocycles. The van der Waals surface area contributed by atoms with Crippen LogP contribution < -0.4 is 10.2 Å². The van der Waals surface area contributed by atoms with Crippen LogP contribution >= 0.6 is 0 Å². The van der Waals surface area contributed by atoms with E-state index < -0.39 is 0 Å². The quantitative estimate of drug-likeness (QED) is 0.885. The molecule has 2 heterocycles. The number of benzene rings is 1. The number of nitrogens with zero attached hydrogens (tertiary/aromatic N) is 2. The van der Waals surface area contributed by atoms with Crippen molar-refractivity contribution in [2.24, 2.45) is 0 Å². The first-order valence-corrected chi connectivity index (χ1v) is 8.28. The van der Waals surface area contributed by atoms with Crippen molar-refractivity contribution in [2.75, 3.05) is 18.0 Å². The minimum Gasteiger partial charge on any atom is -0.347 e. The standard InChI is InChI=1S/C19H21N3O2/c23-18(9-3-5-15-6-4-11-20-13-15)21-14-19(24)22-12-10-16-7-1-2-8-17(16)22/h1-2,4,6-8,11,13H,3,5,9-10,12,14H2,(H,21,23). The van der Waals surface area contributed by atoms with Crippen molar-refractivity contribution in [1.29, 1.82) is 0 Å². The molecule has 1 aromatic heterocycles. The highest BCUT2D eigenvalue weighted by molar-refractivity contribution is 5.98. The lowest BCUT2D eigenvalue weighted by atomic mass is 10.1. The Labute approximate surface area is 141 Å². The molecule has 0 saturated heterocycles. The van der Waals surface area contributed by atoms with Gasteiger partial charge in [-0.3, -0.25) is 14.6 Å². The van der Waals surface area contributed by atoms with Crippen LogP contribution in [0.25, 0.3) is 0 Å². The number of carbonyl (C=O) groups is 2. The molecule has 124 valence electrons. The second-order valence-corrected chi connectivity index (χ2v) is 5.92. The fourth-order valence-corrected chi connectivity index (χ4v) is 2.95. The number of para-hydroxylation sites is 1. The number of carbonyl (C=O) groups excluding carboxylic acids is 2. The minimum atomic E-state index is -0.0836. The lowest BCUT2D eigenvalue weighted by Gasteiger charge is -2.17. The number of fused-ring (bicyclic) bond motifs is 1. The second kappa shape index (κ2) is 7.73. The van der Waals surface area contributed by atoms with Crippen molar-refractivity contribution >= 4 is 17.5 Å². The van der Waals surface area contributed by atoms with Crippen molar-refractivity contribution in [3.8, 4) is 0 Å². The van der Waals surface area contributed by atoms with Crippen LogP contribution in [0.3, 0.4) is 0 Å². The van der Waals surface area contributed by atoms with Crippen LogP contribution in [0.4, 0.5) is 5.69 Å². The van der Waals surface area contributed by atoms with Gasteiger partial charge in [-0.1, -0.05) is 24.3 Å². The maximum absolute atomic E-state index is 12.3.